The standard InChI is InChI=1S/C9H13BO4/c1-3-6(2)10-7(4-8(11)13-10)5-9(12)14-10/h6H,3-5H2,1-2H3. The van der Waals surface area contributed by atoms with Crippen molar-refractivity contribution in [3.8, 4) is 0 Å². The summed E-state index contributed by atoms with van der Waals surface area (Å²) in [4.78, 5) is 22.3. The van der Waals surface area contributed by atoms with Gasteiger partial charge in [-0.15, -0.1) is 0 Å². The first-order valence-electron chi connectivity index (χ1n) is 5.02. The second-order valence-electron chi connectivity index (χ2n) is 4.15. The molecule has 1 unspecified atom stereocenters. The van der Waals surface area contributed by atoms with Gasteiger partial charge in [0.25, 0.3) is 0 Å². The first-order chi connectivity index (χ1) is 6.58. The van der Waals surface area contributed by atoms with Crippen LogP contribution in [-0.2, 0) is 18.9 Å². The van der Waals surface area contributed by atoms with Gasteiger partial charge in [0.1, 0.15) is 12.8 Å². The Morgan fingerprint density at radius 1 is 1.36 bits per heavy atom. The molecule has 2 heterocycles. The minimum absolute atomic E-state index is 0.0999. The zero-order chi connectivity index (χ0) is 10.3. The van der Waals surface area contributed by atoms with Gasteiger partial charge in [-0.1, -0.05) is 20.3 Å². The molecule has 0 aromatic carbocycles. The minimum Gasteiger partial charge on any atom is -0.613 e. The van der Waals surface area contributed by atoms with E-state index in [-0.39, 0.29) is 30.6 Å². The molecule has 0 amide bonds. The Morgan fingerprint density at radius 2 is 1.86 bits per heavy atom. The van der Waals surface area contributed by atoms with E-state index in [9.17, 15) is 9.59 Å². The molecule has 2 aliphatic rings. The minimum atomic E-state index is -1.74. The molecule has 0 bridgehead atoms. The fraction of sp³-hybridized carbons (Fsp3) is 0.667. The van der Waals surface area contributed by atoms with Crippen molar-refractivity contribution in [3.05, 3.63) is 5.82 Å². The summed E-state index contributed by atoms with van der Waals surface area (Å²) in [5.74, 6) is 0.442. The average molecular weight is 196 g/mol. The SMILES string of the molecule is CCC(C)[B-]12OC(=O)C[C+]1CC(=O)O2. The van der Waals surface area contributed by atoms with Crippen LogP contribution in [0.4, 0.5) is 0 Å². The van der Waals surface area contributed by atoms with E-state index >= 15 is 0 Å². The summed E-state index contributed by atoms with van der Waals surface area (Å²) in [6, 6.07) is 0. The fourth-order valence-electron chi connectivity index (χ4n) is 2.33. The first kappa shape index (κ1) is 9.43. The summed E-state index contributed by atoms with van der Waals surface area (Å²) in [5, 5.41) is 0. The second-order valence-corrected chi connectivity index (χ2v) is 4.15. The van der Waals surface area contributed by atoms with E-state index in [2.05, 4.69) is 0 Å². The van der Waals surface area contributed by atoms with Crippen molar-refractivity contribution in [3.63, 3.8) is 0 Å². The molecule has 2 saturated heterocycles. The smallest absolute Gasteiger partial charge is 0.561 e. The lowest BCUT2D eigenvalue weighted by Gasteiger charge is -2.29. The maximum atomic E-state index is 11.2. The van der Waals surface area contributed by atoms with Crippen LogP contribution in [-0.4, -0.2) is 18.5 Å². The third-order valence-electron chi connectivity index (χ3n) is 3.32. The third kappa shape index (κ3) is 1.11. The van der Waals surface area contributed by atoms with Crippen molar-refractivity contribution in [1.82, 2.24) is 0 Å². The lowest BCUT2D eigenvalue weighted by Crippen LogP contribution is -2.43. The molecule has 0 saturated carbocycles. The summed E-state index contributed by atoms with van der Waals surface area (Å²) >= 11 is 0. The Morgan fingerprint density at radius 3 is 2.29 bits per heavy atom. The quantitative estimate of drug-likeness (QED) is 0.492. The zero-order valence-electron chi connectivity index (χ0n) is 8.41. The van der Waals surface area contributed by atoms with Crippen molar-refractivity contribution in [2.24, 2.45) is 0 Å². The molecule has 14 heavy (non-hydrogen) atoms. The van der Waals surface area contributed by atoms with Crippen LogP contribution >= 0.6 is 0 Å². The Hall–Kier alpha value is -1.13. The molecule has 5 heteroatoms. The molecule has 76 valence electrons. The van der Waals surface area contributed by atoms with Gasteiger partial charge in [-0.05, 0) is 5.82 Å². The Kier molecular flexibility index (Phi) is 1.98. The molecule has 2 rings (SSSR count). The number of rotatable bonds is 2. The molecule has 1 atom stereocenters. The molecule has 2 fully saturated rings. The zero-order valence-corrected chi connectivity index (χ0v) is 8.41. The monoisotopic (exact) mass is 196 g/mol. The van der Waals surface area contributed by atoms with Gasteiger partial charge in [0.05, 0.1) is 0 Å². The summed E-state index contributed by atoms with van der Waals surface area (Å²) in [7, 11) is 0. The van der Waals surface area contributed by atoms with Gasteiger partial charge in [-0.3, -0.25) is 9.59 Å². The molecule has 0 aromatic rings. The molecule has 0 aliphatic carbocycles. The number of fused-ring (bicyclic) bond motifs is 1. The number of hydrogen-bond donors (Lipinski definition) is 0. The van der Waals surface area contributed by atoms with E-state index in [0.717, 1.165) is 12.2 Å². The highest BCUT2D eigenvalue weighted by molar-refractivity contribution is 6.80. The number of carbonyl (C=O) groups is 2. The van der Waals surface area contributed by atoms with Gasteiger partial charge in [0, 0.05) is 5.82 Å². The molecule has 0 spiro atoms. The second kappa shape index (κ2) is 2.93. The predicted octanol–water partition coefficient (Wildman–Crippen LogP) is 1.24. The van der Waals surface area contributed by atoms with Crippen LogP contribution in [0.5, 0.6) is 0 Å². The lowest BCUT2D eigenvalue weighted by molar-refractivity contribution is -0.138. The number of hydrogen-bond acceptors (Lipinski definition) is 4. The summed E-state index contributed by atoms with van der Waals surface area (Å²) in [6.45, 7) is 2.21. The van der Waals surface area contributed by atoms with Crippen LogP contribution in [0.3, 0.4) is 0 Å². The van der Waals surface area contributed by atoms with Crippen molar-refractivity contribution < 1.29 is 18.9 Å². The van der Waals surface area contributed by atoms with E-state index in [4.69, 9.17) is 9.31 Å². The van der Waals surface area contributed by atoms with Crippen LogP contribution in [0, 0.1) is 5.82 Å². The summed E-state index contributed by atoms with van der Waals surface area (Å²) in [5.41, 5.74) is 0. The van der Waals surface area contributed by atoms with Gasteiger partial charge < -0.3 is 9.31 Å². The third-order valence-corrected chi connectivity index (χ3v) is 3.32. The van der Waals surface area contributed by atoms with Gasteiger partial charge >= 0.3 is 18.5 Å². The van der Waals surface area contributed by atoms with Crippen molar-refractivity contribution in [1.29, 1.82) is 0 Å². The molecular formula is C9H13BO4. The molecule has 4 nitrogen and oxygen atoms in total. The maximum absolute atomic E-state index is 11.2. The fourth-order valence-corrected chi connectivity index (χ4v) is 2.33. The highest BCUT2D eigenvalue weighted by Gasteiger charge is 2.66. The van der Waals surface area contributed by atoms with Gasteiger partial charge in [0.2, 0.25) is 0 Å². The molecule has 0 aromatic heterocycles. The normalized spacial score (nSPS) is 25.7. The van der Waals surface area contributed by atoms with Crippen LogP contribution < -0.4 is 0 Å². The van der Waals surface area contributed by atoms with Crippen LogP contribution in [0.1, 0.15) is 33.1 Å². The van der Waals surface area contributed by atoms with E-state index in [1.165, 1.54) is 0 Å². The molecule has 2 aliphatic heterocycles. The largest absolute Gasteiger partial charge is 0.613 e. The van der Waals surface area contributed by atoms with Crippen LogP contribution in [0.15, 0.2) is 0 Å². The van der Waals surface area contributed by atoms with E-state index in [1.807, 2.05) is 13.8 Å². The highest BCUT2D eigenvalue weighted by atomic mass is 16.7. The molecular weight excluding hydrogens is 183 g/mol. The first-order valence-corrected chi connectivity index (χ1v) is 5.02. The van der Waals surface area contributed by atoms with E-state index in [1.54, 1.807) is 0 Å². The molecule has 0 radical (unpaired) electrons. The maximum Gasteiger partial charge on any atom is 0.561 e. The van der Waals surface area contributed by atoms with Crippen LogP contribution in [0.2, 0.25) is 5.82 Å². The van der Waals surface area contributed by atoms with Crippen LogP contribution in [0.25, 0.3) is 0 Å². The Balaban J connectivity index is 2.28. The Bertz CT molecular complexity index is 269. The van der Waals surface area contributed by atoms with Crippen molar-refractivity contribution in [2.45, 2.75) is 38.9 Å². The topological polar surface area (TPSA) is 52.6 Å². The van der Waals surface area contributed by atoms with Gasteiger partial charge in [-0.25, -0.2) is 0 Å². The average Bonchev–Trinajstić information content (AvgIpc) is 2.55. The summed E-state index contributed by atoms with van der Waals surface area (Å²) < 4.78 is 10.5. The van der Waals surface area contributed by atoms with Gasteiger partial charge in [-0.2, -0.15) is 0 Å². The number of carbonyl (C=O) groups excluding carboxylic acids is 2. The lowest BCUT2D eigenvalue weighted by atomic mass is 9.40. The van der Waals surface area contributed by atoms with Gasteiger partial charge in [0.15, 0.2) is 0 Å². The van der Waals surface area contributed by atoms with Crippen molar-refractivity contribution in [2.75, 3.05) is 0 Å². The Labute approximate surface area is 82.9 Å². The van der Waals surface area contributed by atoms with E-state index in [0.29, 0.717) is 0 Å². The predicted molar refractivity (Wildman–Crippen MR) is 50.1 cm³/mol. The highest BCUT2D eigenvalue weighted by Crippen LogP contribution is 2.47. The molecule has 0 N–H and O–H groups in total. The van der Waals surface area contributed by atoms with Crippen molar-refractivity contribution >= 4 is 18.5 Å². The van der Waals surface area contributed by atoms with E-state index < -0.39 is 6.55 Å². The summed E-state index contributed by atoms with van der Waals surface area (Å²) in [6.07, 6.45) is 1.36.